The summed E-state index contributed by atoms with van der Waals surface area (Å²) in [6.07, 6.45) is 1.41. The molecule has 188 valence electrons. The van der Waals surface area contributed by atoms with Crippen LogP contribution < -0.4 is 14.5 Å². The summed E-state index contributed by atoms with van der Waals surface area (Å²) < 4.78 is 37.6. The predicted octanol–water partition coefficient (Wildman–Crippen LogP) is 3.20. The van der Waals surface area contributed by atoms with Gasteiger partial charge < -0.3 is 9.47 Å². The van der Waals surface area contributed by atoms with Crippen LogP contribution in [0, 0.1) is 13.8 Å². The van der Waals surface area contributed by atoms with Gasteiger partial charge in [-0.25, -0.2) is 18.6 Å². The van der Waals surface area contributed by atoms with E-state index in [1.165, 1.54) is 25.5 Å². The fourth-order valence-electron chi connectivity index (χ4n) is 3.06. The number of benzene rings is 3. The van der Waals surface area contributed by atoms with Crippen molar-refractivity contribution in [1.82, 2.24) is 5.43 Å². The van der Waals surface area contributed by atoms with Gasteiger partial charge >= 0.3 is 5.97 Å². The van der Waals surface area contributed by atoms with Crippen molar-refractivity contribution < 1.29 is 27.5 Å². The van der Waals surface area contributed by atoms with Crippen LogP contribution in [0.5, 0.6) is 5.75 Å². The van der Waals surface area contributed by atoms with Gasteiger partial charge in [-0.1, -0.05) is 35.4 Å². The highest BCUT2D eigenvalue weighted by Crippen LogP contribution is 2.24. The molecule has 9 nitrogen and oxygen atoms in total. The SMILES string of the molecule is COC(=O)COc1ccc(/C=N\NC(=O)CN(c2ccc(C)cc2)S(=O)(=O)c2ccc(C)cc2)cc1. The maximum absolute atomic E-state index is 13.4. The molecule has 0 aromatic heterocycles. The third-order valence-corrected chi connectivity index (χ3v) is 6.87. The molecule has 3 aromatic rings. The third kappa shape index (κ3) is 7.16. The Morgan fingerprint density at radius 1 is 0.917 bits per heavy atom. The van der Waals surface area contributed by atoms with Crippen LogP contribution in [0.3, 0.4) is 0 Å². The van der Waals surface area contributed by atoms with Crippen LogP contribution >= 0.6 is 0 Å². The second-order valence-corrected chi connectivity index (χ2v) is 9.75. The van der Waals surface area contributed by atoms with Crippen LogP contribution in [0.15, 0.2) is 82.8 Å². The number of nitrogens with zero attached hydrogens (tertiary/aromatic N) is 2. The Kier molecular flexibility index (Phi) is 8.80. The number of hydrogen-bond acceptors (Lipinski definition) is 7. The van der Waals surface area contributed by atoms with Gasteiger partial charge in [0.15, 0.2) is 6.61 Å². The number of carbonyl (C=O) groups excluding carboxylic acids is 2. The molecule has 0 saturated carbocycles. The number of anilines is 1. The third-order valence-electron chi connectivity index (χ3n) is 5.09. The van der Waals surface area contributed by atoms with E-state index in [0.29, 0.717) is 17.0 Å². The van der Waals surface area contributed by atoms with E-state index in [0.717, 1.165) is 15.4 Å². The molecule has 0 fully saturated rings. The summed E-state index contributed by atoms with van der Waals surface area (Å²) >= 11 is 0. The van der Waals surface area contributed by atoms with Crippen molar-refractivity contribution in [2.75, 3.05) is 24.6 Å². The second kappa shape index (κ2) is 12.0. The Morgan fingerprint density at radius 2 is 1.50 bits per heavy atom. The lowest BCUT2D eigenvalue weighted by Gasteiger charge is -2.24. The molecule has 0 aliphatic heterocycles. The molecule has 0 radical (unpaired) electrons. The van der Waals surface area contributed by atoms with Crippen molar-refractivity contribution in [3.8, 4) is 5.75 Å². The van der Waals surface area contributed by atoms with Crippen molar-refractivity contribution in [3.63, 3.8) is 0 Å². The van der Waals surface area contributed by atoms with Gasteiger partial charge in [0.25, 0.3) is 15.9 Å². The quantitative estimate of drug-likeness (QED) is 0.255. The highest BCUT2D eigenvalue weighted by molar-refractivity contribution is 7.92. The maximum atomic E-state index is 13.4. The topological polar surface area (TPSA) is 114 Å². The summed E-state index contributed by atoms with van der Waals surface area (Å²) in [5.74, 6) is -0.635. The van der Waals surface area contributed by atoms with Crippen LogP contribution in [0.25, 0.3) is 0 Å². The van der Waals surface area contributed by atoms with E-state index in [2.05, 4.69) is 15.3 Å². The lowest BCUT2D eigenvalue weighted by atomic mass is 10.2. The van der Waals surface area contributed by atoms with Crippen LogP contribution in [0.2, 0.25) is 0 Å². The minimum absolute atomic E-state index is 0.0829. The first-order valence-corrected chi connectivity index (χ1v) is 12.4. The molecule has 10 heteroatoms. The molecule has 0 saturated heterocycles. The van der Waals surface area contributed by atoms with E-state index in [9.17, 15) is 18.0 Å². The zero-order valence-electron chi connectivity index (χ0n) is 20.2. The fourth-order valence-corrected chi connectivity index (χ4v) is 4.48. The number of hydrazone groups is 1. The number of hydrogen-bond donors (Lipinski definition) is 1. The molecule has 36 heavy (non-hydrogen) atoms. The summed E-state index contributed by atoms with van der Waals surface area (Å²) in [6.45, 7) is 3.09. The average molecular weight is 510 g/mol. The number of carbonyl (C=O) groups is 2. The molecule has 0 unspecified atom stereocenters. The lowest BCUT2D eigenvalue weighted by molar-refractivity contribution is -0.142. The number of nitrogens with one attached hydrogen (secondary N) is 1. The van der Waals surface area contributed by atoms with Crippen LogP contribution in [0.4, 0.5) is 5.69 Å². The Bertz CT molecular complexity index is 1320. The second-order valence-electron chi connectivity index (χ2n) is 7.89. The molecule has 1 N–H and O–H groups in total. The zero-order valence-corrected chi connectivity index (χ0v) is 21.0. The maximum Gasteiger partial charge on any atom is 0.343 e. The van der Waals surface area contributed by atoms with E-state index >= 15 is 0 Å². The number of amides is 1. The van der Waals surface area contributed by atoms with E-state index < -0.39 is 28.4 Å². The van der Waals surface area contributed by atoms with Gasteiger partial charge in [0.05, 0.1) is 23.9 Å². The number of sulfonamides is 1. The van der Waals surface area contributed by atoms with Crippen LogP contribution in [0.1, 0.15) is 16.7 Å². The smallest absolute Gasteiger partial charge is 0.343 e. The molecule has 0 spiro atoms. The molecule has 3 aromatic carbocycles. The molecule has 3 rings (SSSR count). The Hall–Kier alpha value is -4.18. The van der Waals surface area contributed by atoms with Crippen molar-refractivity contribution >= 4 is 33.8 Å². The summed E-state index contributed by atoms with van der Waals surface area (Å²) in [5, 5.41) is 3.92. The van der Waals surface area contributed by atoms with E-state index in [1.807, 2.05) is 13.8 Å². The molecular weight excluding hydrogens is 482 g/mol. The Labute approximate surface area is 210 Å². The first-order chi connectivity index (χ1) is 17.2. The molecule has 0 aliphatic carbocycles. The fraction of sp³-hybridized carbons (Fsp3) is 0.192. The first kappa shape index (κ1) is 26.4. The van der Waals surface area contributed by atoms with E-state index in [4.69, 9.17) is 4.74 Å². The summed E-state index contributed by atoms with van der Waals surface area (Å²) in [4.78, 5) is 23.9. The molecule has 1 amide bonds. The number of aryl methyl sites for hydroxylation is 2. The Morgan fingerprint density at radius 3 is 2.08 bits per heavy atom. The minimum atomic E-state index is -4.00. The average Bonchev–Trinajstić information content (AvgIpc) is 2.87. The molecular formula is C26H27N3O6S. The van der Waals surface area contributed by atoms with Gasteiger partial charge in [-0.15, -0.1) is 0 Å². The monoisotopic (exact) mass is 509 g/mol. The number of esters is 1. The van der Waals surface area contributed by atoms with E-state index in [1.54, 1.807) is 60.7 Å². The number of rotatable bonds is 10. The predicted molar refractivity (Wildman–Crippen MR) is 137 cm³/mol. The molecule has 0 atom stereocenters. The van der Waals surface area contributed by atoms with Crippen LogP contribution in [-0.4, -0.2) is 46.8 Å². The van der Waals surface area contributed by atoms with Gasteiger partial charge in [-0.05, 0) is 67.9 Å². The largest absolute Gasteiger partial charge is 0.482 e. The van der Waals surface area contributed by atoms with Gasteiger partial charge in [0, 0.05) is 0 Å². The zero-order chi connectivity index (χ0) is 26.1. The minimum Gasteiger partial charge on any atom is -0.482 e. The van der Waals surface area contributed by atoms with Gasteiger partial charge in [0.2, 0.25) is 0 Å². The lowest BCUT2D eigenvalue weighted by Crippen LogP contribution is -2.39. The molecule has 0 aliphatic rings. The first-order valence-electron chi connectivity index (χ1n) is 11.0. The summed E-state index contributed by atoms with van der Waals surface area (Å²) in [6, 6.07) is 19.9. The van der Waals surface area contributed by atoms with Crippen molar-refractivity contribution in [1.29, 1.82) is 0 Å². The van der Waals surface area contributed by atoms with Gasteiger partial charge in [-0.3, -0.25) is 9.10 Å². The van der Waals surface area contributed by atoms with Gasteiger partial charge in [0.1, 0.15) is 12.3 Å². The standard InChI is InChI=1S/C26H27N3O6S/c1-19-4-10-22(11-5-19)29(36(32,33)24-14-6-20(2)7-15-24)17-25(30)28-27-16-21-8-12-23(13-9-21)35-18-26(31)34-3/h4-16H,17-18H2,1-3H3,(H,28,30)/b27-16-. The summed E-state index contributed by atoms with van der Waals surface area (Å²) in [5.41, 5.74) is 5.27. The van der Waals surface area contributed by atoms with Crippen molar-refractivity contribution in [2.45, 2.75) is 18.7 Å². The normalized spacial score (nSPS) is 11.2. The highest BCUT2D eigenvalue weighted by atomic mass is 32.2. The molecule has 0 bridgehead atoms. The number of ether oxygens (including phenoxy) is 2. The van der Waals surface area contributed by atoms with Crippen molar-refractivity contribution in [2.24, 2.45) is 5.10 Å². The summed E-state index contributed by atoms with van der Waals surface area (Å²) in [7, 11) is -2.73. The molecule has 0 heterocycles. The number of methoxy groups -OCH3 is 1. The van der Waals surface area contributed by atoms with Crippen LogP contribution in [-0.2, 0) is 24.3 Å². The van der Waals surface area contributed by atoms with Gasteiger partial charge in [-0.2, -0.15) is 5.10 Å². The van der Waals surface area contributed by atoms with Crippen molar-refractivity contribution in [3.05, 3.63) is 89.5 Å². The highest BCUT2D eigenvalue weighted by Gasteiger charge is 2.27. The Balaban J connectivity index is 1.70. The van der Waals surface area contributed by atoms with E-state index in [-0.39, 0.29) is 11.5 Å².